The van der Waals surface area contributed by atoms with Gasteiger partial charge in [0.25, 0.3) is 0 Å². The van der Waals surface area contributed by atoms with Crippen molar-refractivity contribution in [3.05, 3.63) is 0 Å². The maximum atomic E-state index is 6.29. The summed E-state index contributed by atoms with van der Waals surface area (Å²) in [7, 11) is 0. The van der Waals surface area contributed by atoms with Gasteiger partial charge in [0.05, 0.1) is 0 Å². The molecule has 3 unspecified atom stereocenters. The summed E-state index contributed by atoms with van der Waals surface area (Å²) in [4.78, 5) is 0. The summed E-state index contributed by atoms with van der Waals surface area (Å²) in [5.74, 6) is 2.66. The molecule has 0 bridgehead atoms. The Hall–Kier alpha value is -0.0400. The van der Waals surface area contributed by atoms with Crippen LogP contribution in [0.2, 0.25) is 0 Å². The molecule has 0 aromatic heterocycles. The quantitative estimate of drug-likeness (QED) is 0.731. The van der Waals surface area contributed by atoms with E-state index in [4.69, 9.17) is 5.73 Å². The molecule has 2 N–H and O–H groups in total. The zero-order chi connectivity index (χ0) is 11.3. The second-order valence-corrected chi connectivity index (χ2v) is 5.37. The van der Waals surface area contributed by atoms with Crippen LogP contribution in [0.15, 0.2) is 0 Å². The molecule has 1 rings (SSSR count). The van der Waals surface area contributed by atoms with Crippen LogP contribution in [0.3, 0.4) is 0 Å². The fraction of sp³-hybridized carbons (Fsp3) is 1.00. The SMILES string of the molecule is CCCC1CCC(N)C(C(CC)CC)C1. The molecule has 0 aromatic rings. The molecule has 0 heterocycles. The molecular formula is C14H29N. The van der Waals surface area contributed by atoms with Crippen molar-refractivity contribution in [1.82, 2.24) is 0 Å². The summed E-state index contributed by atoms with van der Waals surface area (Å²) in [6, 6.07) is 0.489. The molecule has 1 aliphatic rings. The second kappa shape index (κ2) is 6.52. The highest BCUT2D eigenvalue weighted by atomic mass is 14.7. The van der Waals surface area contributed by atoms with Crippen LogP contribution >= 0.6 is 0 Å². The lowest BCUT2D eigenvalue weighted by molar-refractivity contribution is 0.153. The fourth-order valence-corrected chi connectivity index (χ4v) is 3.43. The molecule has 90 valence electrons. The molecular weight excluding hydrogens is 182 g/mol. The molecule has 3 atom stereocenters. The zero-order valence-electron chi connectivity index (χ0n) is 10.8. The van der Waals surface area contributed by atoms with Crippen LogP contribution in [-0.4, -0.2) is 6.04 Å². The molecule has 1 saturated carbocycles. The molecule has 0 aliphatic heterocycles. The molecule has 0 aromatic carbocycles. The number of nitrogens with two attached hydrogens (primary N) is 1. The predicted octanol–water partition coefficient (Wildman–Crippen LogP) is 3.97. The Morgan fingerprint density at radius 2 is 1.80 bits per heavy atom. The van der Waals surface area contributed by atoms with Gasteiger partial charge in [0, 0.05) is 6.04 Å². The third-order valence-corrected chi connectivity index (χ3v) is 4.41. The van der Waals surface area contributed by atoms with Gasteiger partial charge in [-0.25, -0.2) is 0 Å². The van der Waals surface area contributed by atoms with Crippen molar-refractivity contribution in [3.63, 3.8) is 0 Å². The van der Waals surface area contributed by atoms with Crippen molar-refractivity contribution in [2.75, 3.05) is 0 Å². The summed E-state index contributed by atoms with van der Waals surface area (Å²) < 4.78 is 0. The Bertz CT molecular complexity index is 163. The maximum Gasteiger partial charge on any atom is 0.00700 e. The van der Waals surface area contributed by atoms with Crippen LogP contribution < -0.4 is 5.73 Å². The predicted molar refractivity (Wildman–Crippen MR) is 67.8 cm³/mol. The van der Waals surface area contributed by atoms with Gasteiger partial charge >= 0.3 is 0 Å². The van der Waals surface area contributed by atoms with Gasteiger partial charge in [-0.15, -0.1) is 0 Å². The molecule has 1 heteroatoms. The van der Waals surface area contributed by atoms with Crippen LogP contribution in [0.1, 0.15) is 65.7 Å². The van der Waals surface area contributed by atoms with Gasteiger partial charge < -0.3 is 5.73 Å². The average molecular weight is 211 g/mol. The Kier molecular flexibility index (Phi) is 5.66. The largest absolute Gasteiger partial charge is 0.327 e. The highest BCUT2D eigenvalue weighted by Gasteiger charge is 2.31. The molecule has 0 saturated heterocycles. The third-order valence-electron chi connectivity index (χ3n) is 4.41. The van der Waals surface area contributed by atoms with Crippen LogP contribution in [0.25, 0.3) is 0 Å². The lowest BCUT2D eigenvalue weighted by atomic mass is 9.70. The van der Waals surface area contributed by atoms with E-state index in [-0.39, 0.29) is 0 Å². The van der Waals surface area contributed by atoms with E-state index >= 15 is 0 Å². The molecule has 1 aliphatic carbocycles. The van der Waals surface area contributed by atoms with E-state index in [1.807, 2.05) is 0 Å². The van der Waals surface area contributed by atoms with Gasteiger partial charge in [-0.3, -0.25) is 0 Å². The van der Waals surface area contributed by atoms with Crippen molar-refractivity contribution >= 4 is 0 Å². The molecule has 0 radical (unpaired) electrons. The normalized spacial score (nSPS) is 32.2. The van der Waals surface area contributed by atoms with E-state index in [9.17, 15) is 0 Å². The molecule has 0 spiro atoms. The van der Waals surface area contributed by atoms with Crippen molar-refractivity contribution in [2.24, 2.45) is 23.5 Å². The summed E-state index contributed by atoms with van der Waals surface area (Å²) in [5, 5.41) is 0. The van der Waals surface area contributed by atoms with Gasteiger partial charge in [0.2, 0.25) is 0 Å². The topological polar surface area (TPSA) is 26.0 Å². The van der Waals surface area contributed by atoms with E-state index in [1.165, 1.54) is 44.9 Å². The van der Waals surface area contributed by atoms with Crippen LogP contribution in [0, 0.1) is 17.8 Å². The van der Waals surface area contributed by atoms with Crippen LogP contribution in [-0.2, 0) is 0 Å². The van der Waals surface area contributed by atoms with Gasteiger partial charge in [-0.05, 0) is 37.0 Å². The summed E-state index contributed by atoms with van der Waals surface area (Å²) in [5.41, 5.74) is 6.29. The Balaban J connectivity index is 2.52. The van der Waals surface area contributed by atoms with Crippen molar-refractivity contribution < 1.29 is 0 Å². The molecule has 1 fully saturated rings. The monoisotopic (exact) mass is 211 g/mol. The van der Waals surface area contributed by atoms with Crippen molar-refractivity contribution in [3.8, 4) is 0 Å². The van der Waals surface area contributed by atoms with E-state index in [1.54, 1.807) is 0 Å². The fourth-order valence-electron chi connectivity index (χ4n) is 3.43. The highest BCUT2D eigenvalue weighted by molar-refractivity contribution is 4.85. The van der Waals surface area contributed by atoms with E-state index < -0.39 is 0 Å². The van der Waals surface area contributed by atoms with Crippen LogP contribution in [0.4, 0.5) is 0 Å². The maximum absolute atomic E-state index is 6.29. The zero-order valence-corrected chi connectivity index (χ0v) is 10.8. The van der Waals surface area contributed by atoms with E-state index in [0.717, 1.165) is 17.8 Å². The lowest BCUT2D eigenvalue weighted by Crippen LogP contribution is -2.40. The Labute approximate surface area is 95.8 Å². The minimum absolute atomic E-state index is 0.489. The van der Waals surface area contributed by atoms with E-state index in [2.05, 4.69) is 20.8 Å². The number of hydrogen-bond donors (Lipinski definition) is 1. The molecule has 0 amide bonds. The van der Waals surface area contributed by atoms with Gasteiger partial charge in [-0.1, -0.05) is 46.5 Å². The smallest absolute Gasteiger partial charge is 0.00700 e. The minimum atomic E-state index is 0.489. The van der Waals surface area contributed by atoms with E-state index in [0.29, 0.717) is 6.04 Å². The minimum Gasteiger partial charge on any atom is -0.327 e. The first-order chi connectivity index (χ1) is 7.22. The third kappa shape index (κ3) is 3.48. The second-order valence-electron chi connectivity index (χ2n) is 5.37. The van der Waals surface area contributed by atoms with Gasteiger partial charge in [0.1, 0.15) is 0 Å². The Morgan fingerprint density at radius 3 is 2.33 bits per heavy atom. The standard InChI is InChI=1S/C14H29N/c1-4-7-11-8-9-14(15)13(10-11)12(5-2)6-3/h11-14H,4-10,15H2,1-3H3. The first kappa shape index (κ1) is 13.0. The van der Waals surface area contributed by atoms with Gasteiger partial charge in [-0.2, -0.15) is 0 Å². The number of rotatable bonds is 5. The molecule has 15 heavy (non-hydrogen) atoms. The summed E-state index contributed by atoms with van der Waals surface area (Å²) >= 11 is 0. The first-order valence-corrected chi connectivity index (χ1v) is 6.98. The summed E-state index contributed by atoms with van der Waals surface area (Å²) in [6.07, 6.45) is 9.44. The Morgan fingerprint density at radius 1 is 1.13 bits per heavy atom. The summed E-state index contributed by atoms with van der Waals surface area (Å²) in [6.45, 7) is 6.95. The first-order valence-electron chi connectivity index (χ1n) is 6.98. The molecule has 1 nitrogen and oxygen atoms in total. The van der Waals surface area contributed by atoms with Gasteiger partial charge in [0.15, 0.2) is 0 Å². The highest BCUT2D eigenvalue weighted by Crippen LogP contribution is 2.37. The number of hydrogen-bond acceptors (Lipinski definition) is 1. The average Bonchev–Trinajstić information content (AvgIpc) is 2.24. The van der Waals surface area contributed by atoms with Crippen LogP contribution in [0.5, 0.6) is 0 Å². The van der Waals surface area contributed by atoms with Crippen molar-refractivity contribution in [2.45, 2.75) is 71.8 Å². The lowest BCUT2D eigenvalue weighted by Gasteiger charge is -2.38. The van der Waals surface area contributed by atoms with Crippen molar-refractivity contribution in [1.29, 1.82) is 0 Å².